The van der Waals surface area contributed by atoms with Crippen LogP contribution < -0.4 is 5.32 Å². The largest absolute Gasteiger partial charge is 0.361 e. The zero-order valence-electron chi connectivity index (χ0n) is 88.3. The molecule has 0 radical (unpaired) electrons. The highest BCUT2D eigenvalue weighted by molar-refractivity contribution is 5.91. The lowest BCUT2D eigenvalue weighted by Crippen LogP contribution is -2.29. The number of rotatable bonds is 8. The summed E-state index contributed by atoms with van der Waals surface area (Å²) < 4.78 is 0. The second-order valence-electron chi connectivity index (χ2n) is 48.4. The Balaban J connectivity index is 0.000000159. The van der Waals surface area contributed by atoms with Gasteiger partial charge < -0.3 is 45.2 Å². The Hall–Kier alpha value is -11.5. The maximum Gasteiger partial charge on any atom is 0.220 e. The molecule has 16 aromatic rings. The maximum absolute atomic E-state index is 11.9. The summed E-state index contributed by atoms with van der Waals surface area (Å²) in [6.45, 7) is 76.1. The zero-order chi connectivity index (χ0) is 99.0. The minimum absolute atomic E-state index is 0.0359. The Bertz CT molecular complexity index is 6710. The summed E-state index contributed by atoms with van der Waals surface area (Å²) in [5, 5.41) is 30.9. The van der Waals surface area contributed by atoms with E-state index in [1.807, 2.05) is 12.3 Å². The number of aromatic amines is 8. The predicted octanol–water partition coefficient (Wildman–Crippen LogP) is 33.7. The number of fused-ring (bicyclic) bond motifs is 8. The van der Waals surface area contributed by atoms with Crippen LogP contribution in [0.15, 0.2) is 195 Å². The Morgan fingerprint density at radius 1 is 0.358 bits per heavy atom. The number of hydrogen-bond donors (Lipinski definition) is 9. The van der Waals surface area contributed by atoms with E-state index in [4.69, 9.17) is 10.5 Å². The van der Waals surface area contributed by atoms with Crippen molar-refractivity contribution in [1.29, 1.82) is 10.5 Å². The fourth-order valence-corrected chi connectivity index (χ4v) is 17.5. The fraction of sp³-hybridized carbons (Fsp3) is 0.451. The third kappa shape index (κ3) is 27.2. The zero-order valence-corrected chi connectivity index (χ0v) is 88.3. The standard InChI is InChI=1S/C20H30N2O.C17H23N.C16H23N.C15H21N.C14H16N2.C14H19N.C13H14N2.C13H17N/c1-19(2,3)12-18(23)21-10-9-14-13-22-17-11-15(20(4,5)6)7-8-16(14)17;1-17(2,3)13-8-9-14-15(11-18-16(14)10-13)12-6-4-5-7-12;1-15(2,3)11-7-8-12-13(16(4,5)6)10-17-14(12)9-11;1-10(2)13-9-16-14-8-11(15(3,4)5)6-7-12(13)14;1-14(2,3)11-4-5-12-10(6-7-15)9-16-13(12)8-11;1-5-10-9-15-13-8-11(14(2,3)4)6-7-12(10)13;1-13(2,3)10-4-5-11-9(7-14)8-15-12(11)6-10;1-9-8-14-12-7-10(13(2,3)4)5-6-11(9)12/h7-8,11,13,22H,9-10,12H2,1-6H3,(H,21,23);8-12,18H,4-7H2,1-3H3;7-10,17H,1-6H3;6-10,16H,1-5H3;4-5,8-9,16H,6H2,1-3H3;6-9,15H,5H2,1-4H3;4-6,8,15H,1-3H3;5-8,14H,1-4H3. The Kier molecular flexibility index (Phi) is 32.6. The normalized spacial score (nSPS) is 13.1. The number of amides is 1. The second-order valence-corrected chi connectivity index (χ2v) is 48.4. The average molecular weight is 1800 g/mol. The van der Waals surface area contributed by atoms with E-state index in [0.717, 1.165) is 46.1 Å². The first kappa shape index (κ1) is 105. The van der Waals surface area contributed by atoms with Crippen molar-refractivity contribution in [3.8, 4) is 12.1 Å². The highest BCUT2D eigenvalue weighted by Gasteiger charge is 2.27. The van der Waals surface area contributed by atoms with Gasteiger partial charge in [-0.15, -0.1) is 0 Å². The molecule has 712 valence electrons. The van der Waals surface area contributed by atoms with E-state index >= 15 is 0 Å². The number of carbonyl (C=O) groups is 1. The van der Waals surface area contributed by atoms with E-state index in [9.17, 15) is 4.79 Å². The van der Waals surface area contributed by atoms with Crippen LogP contribution >= 0.6 is 0 Å². The van der Waals surface area contributed by atoms with Gasteiger partial charge in [0.2, 0.25) is 5.91 Å². The molecule has 12 heteroatoms. The summed E-state index contributed by atoms with van der Waals surface area (Å²) in [6.07, 6.45) is 25.0. The summed E-state index contributed by atoms with van der Waals surface area (Å²) in [5.74, 6) is 1.50. The lowest BCUT2D eigenvalue weighted by molar-refractivity contribution is -0.122. The number of benzene rings is 8. The van der Waals surface area contributed by atoms with Crippen LogP contribution in [-0.4, -0.2) is 52.3 Å². The summed E-state index contributed by atoms with van der Waals surface area (Å²) in [7, 11) is 0. The smallest absolute Gasteiger partial charge is 0.220 e. The van der Waals surface area contributed by atoms with Crippen molar-refractivity contribution in [1.82, 2.24) is 45.2 Å². The highest BCUT2D eigenvalue weighted by Crippen LogP contribution is 2.41. The van der Waals surface area contributed by atoms with Crippen LogP contribution in [0.25, 0.3) is 87.2 Å². The first-order valence-electron chi connectivity index (χ1n) is 49.2. The van der Waals surface area contributed by atoms with Crippen LogP contribution in [0.3, 0.4) is 0 Å². The van der Waals surface area contributed by atoms with Crippen molar-refractivity contribution in [3.05, 3.63) is 284 Å². The van der Waals surface area contributed by atoms with Gasteiger partial charge in [0, 0.05) is 150 Å². The van der Waals surface area contributed by atoms with E-state index < -0.39 is 0 Å². The molecule has 0 bridgehead atoms. The molecule has 1 amide bonds. The van der Waals surface area contributed by atoms with Gasteiger partial charge in [0.15, 0.2) is 0 Å². The topological polar surface area (TPSA) is 203 Å². The number of aryl methyl sites for hydroxylation is 2. The molecule has 1 saturated carbocycles. The van der Waals surface area contributed by atoms with Crippen LogP contribution in [-0.2, 0) is 72.8 Å². The van der Waals surface area contributed by atoms with Crippen molar-refractivity contribution in [2.75, 3.05) is 6.54 Å². The number of nitriles is 2. The van der Waals surface area contributed by atoms with Gasteiger partial charge in [0.25, 0.3) is 0 Å². The molecule has 1 aliphatic carbocycles. The molecule has 1 aliphatic rings. The van der Waals surface area contributed by atoms with E-state index in [0.29, 0.717) is 30.9 Å². The molecular formula is C122H163N11O. The first-order valence-corrected chi connectivity index (χ1v) is 49.2. The van der Waals surface area contributed by atoms with Crippen LogP contribution in [0.2, 0.25) is 0 Å². The molecule has 0 atom stereocenters. The molecule has 8 heterocycles. The van der Waals surface area contributed by atoms with Gasteiger partial charge >= 0.3 is 0 Å². The average Bonchev–Trinajstić information content (AvgIpc) is 1.63. The third-order valence-corrected chi connectivity index (χ3v) is 26.3. The maximum atomic E-state index is 11.9. The molecular weight excluding hydrogens is 1640 g/mol. The minimum atomic E-state index is 0.0359. The number of carbonyl (C=O) groups excluding carboxylic acids is 1. The second kappa shape index (κ2) is 41.8. The van der Waals surface area contributed by atoms with Crippen LogP contribution in [0.1, 0.15) is 361 Å². The van der Waals surface area contributed by atoms with Gasteiger partial charge in [-0.2, -0.15) is 10.5 Å². The number of nitrogens with one attached hydrogen (secondary N) is 9. The summed E-state index contributed by atoms with van der Waals surface area (Å²) in [6, 6.07) is 57.6. The van der Waals surface area contributed by atoms with Crippen LogP contribution in [0, 0.1) is 35.0 Å². The SMILES string of the molecule is CC(C)(C)CC(=O)NCCc1c[nH]c2cc(C(C)(C)C)ccc12.CC(C)(C)c1ccc2c(C#N)c[nH]c2c1.CC(C)(C)c1ccc2c(C(C)(C)C)c[nH]c2c1.CC(C)(C)c1ccc2c(C3CCCC3)c[nH]c2c1.CC(C)(C)c1ccc2c(CC#N)c[nH]c2c1.CC(C)c1c[nH]c2cc(C(C)(C)C)ccc12.CCc1c[nH]c2cc(C(C)(C)C)ccc12.Cc1c[nH]c2cc(C(C)(C)C)ccc12. The van der Waals surface area contributed by atoms with E-state index in [-0.39, 0.29) is 60.1 Å². The third-order valence-electron chi connectivity index (χ3n) is 26.3. The van der Waals surface area contributed by atoms with Gasteiger partial charge in [-0.05, 0) is 231 Å². The number of H-pyrrole nitrogens is 8. The van der Waals surface area contributed by atoms with Gasteiger partial charge in [0.1, 0.15) is 6.07 Å². The predicted molar refractivity (Wildman–Crippen MR) is 579 cm³/mol. The van der Waals surface area contributed by atoms with Crippen molar-refractivity contribution in [2.45, 2.75) is 347 Å². The lowest BCUT2D eigenvalue weighted by Gasteiger charge is -2.20. The molecule has 8 aromatic carbocycles. The van der Waals surface area contributed by atoms with E-state index in [1.54, 1.807) is 11.8 Å². The van der Waals surface area contributed by atoms with E-state index in [2.05, 4.69) is 469 Å². The highest BCUT2D eigenvalue weighted by atomic mass is 16.1. The van der Waals surface area contributed by atoms with Gasteiger partial charge in [-0.3, -0.25) is 4.79 Å². The van der Waals surface area contributed by atoms with Crippen molar-refractivity contribution in [2.24, 2.45) is 5.41 Å². The van der Waals surface area contributed by atoms with Crippen molar-refractivity contribution < 1.29 is 4.79 Å². The van der Waals surface area contributed by atoms with E-state index in [1.165, 1.54) is 163 Å². The fourth-order valence-electron chi connectivity index (χ4n) is 17.5. The Labute approximate surface area is 804 Å². The number of hydrogen-bond acceptors (Lipinski definition) is 3. The van der Waals surface area contributed by atoms with Gasteiger partial charge in [-0.25, -0.2) is 0 Å². The molecule has 9 N–H and O–H groups in total. The minimum Gasteiger partial charge on any atom is -0.361 e. The Morgan fingerprint density at radius 2 is 0.672 bits per heavy atom. The number of nitrogens with zero attached hydrogens (tertiary/aromatic N) is 2. The summed E-state index contributed by atoms with van der Waals surface area (Å²) in [4.78, 5) is 38.5. The van der Waals surface area contributed by atoms with Gasteiger partial charge in [-0.1, -0.05) is 338 Å². The number of aromatic nitrogens is 8. The Morgan fingerprint density at radius 3 is 1.07 bits per heavy atom. The molecule has 0 aliphatic heterocycles. The summed E-state index contributed by atoms with van der Waals surface area (Å²) >= 11 is 0. The monoisotopic (exact) mass is 1800 g/mol. The molecule has 1 fully saturated rings. The summed E-state index contributed by atoms with van der Waals surface area (Å²) in [5.41, 5.74) is 32.5. The molecule has 0 spiro atoms. The molecule has 134 heavy (non-hydrogen) atoms. The molecule has 17 rings (SSSR count). The molecule has 0 unspecified atom stereocenters. The molecule has 12 nitrogen and oxygen atoms in total. The van der Waals surface area contributed by atoms with Crippen molar-refractivity contribution >= 4 is 93.1 Å². The lowest BCUT2D eigenvalue weighted by atomic mass is 9.84. The van der Waals surface area contributed by atoms with Crippen LogP contribution in [0.4, 0.5) is 0 Å². The molecule has 8 aromatic heterocycles. The van der Waals surface area contributed by atoms with Crippen molar-refractivity contribution in [3.63, 3.8) is 0 Å². The molecule has 0 saturated heterocycles. The first-order chi connectivity index (χ1) is 62.2. The van der Waals surface area contributed by atoms with Crippen LogP contribution in [0.5, 0.6) is 0 Å². The quantitative estimate of drug-likeness (QED) is 0.0730. The van der Waals surface area contributed by atoms with Gasteiger partial charge in [0.05, 0.1) is 18.1 Å².